The lowest BCUT2D eigenvalue weighted by molar-refractivity contribution is 0.0737. The SMILES string of the molecule is COc1ccc(C(=O)Oc2ccc(OC)c3ccccc23)cc1. The predicted octanol–water partition coefficient (Wildman–Crippen LogP) is 4.08. The lowest BCUT2D eigenvalue weighted by Gasteiger charge is -2.11. The number of fused-ring (bicyclic) bond motifs is 1. The molecule has 0 spiro atoms. The lowest BCUT2D eigenvalue weighted by Crippen LogP contribution is -2.08. The molecule has 0 heterocycles. The molecule has 3 rings (SSSR count). The quantitative estimate of drug-likeness (QED) is 0.538. The largest absolute Gasteiger partial charge is 0.497 e. The molecule has 4 nitrogen and oxygen atoms in total. The average Bonchev–Trinajstić information content (AvgIpc) is 2.62. The minimum atomic E-state index is -0.414. The molecule has 23 heavy (non-hydrogen) atoms. The molecular weight excluding hydrogens is 292 g/mol. The Kier molecular flexibility index (Phi) is 4.15. The molecule has 0 amide bonds. The fourth-order valence-electron chi connectivity index (χ4n) is 2.40. The molecule has 0 atom stereocenters. The van der Waals surface area contributed by atoms with E-state index in [1.54, 1.807) is 50.6 Å². The van der Waals surface area contributed by atoms with Gasteiger partial charge in [0.05, 0.1) is 19.8 Å². The number of hydrogen-bond acceptors (Lipinski definition) is 4. The second kappa shape index (κ2) is 6.40. The minimum absolute atomic E-state index is 0.414. The van der Waals surface area contributed by atoms with Crippen molar-refractivity contribution in [1.82, 2.24) is 0 Å². The van der Waals surface area contributed by atoms with Gasteiger partial charge in [-0.2, -0.15) is 0 Å². The zero-order valence-corrected chi connectivity index (χ0v) is 12.9. The number of benzene rings is 3. The maximum absolute atomic E-state index is 12.3. The first-order valence-corrected chi connectivity index (χ1v) is 7.15. The first-order chi connectivity index (χ1) is 11.2. The maximum atomic E-state index is 12.3. The van der Waals surface area contributed by atoms with Crippen LogP contribution < -0.4 is 14.2 Å². The van der Waals surface area contributed by atoms with Gasteiger partial charge < -0.3 is 14.2 Å². The number of carbonyl (C=O) groups is 1. The maximum Gasteiger partial charge on any atom is 0.343 e. The van der Waals surface area contributed by atoms with Crippen molar-refractivity contribution < 1.29 is 19.0 Å². The summed E-state index contributed by atoms with van der Waals surface area (Å²) in [6.45, 7) is 0. The van der Waals surface area contributed by atoms with Crippen LogP contribution in [0.2, 0.25) is 0 Å². The molecule has 0 fully saturated rings. The summed E-state index contributed by atoms with van der Waals surface area (Å²) in [5.74, 6) is 1.52. The third-order valence-electron chi connectivity index (χ3n) is 3.59. The molecule has 3 aromatic rings. The molecule has 3 aromatic carbocycles. The van der Waals surface area contributed by atoms with Gasteiger partial charge in [0.1, 0.15) is 17.2 Å². The van der Waals surface area contributed by atoms with E-state index in [1.807, 2.05) is 24.3 Å². The van der Waals surface area contributed by atoms with E-state index < -0.39 is 5.97 Å². The highest BCUT2D eigenvalue weighted by atomic mass is 16.5. The Morgan fingerprint density at radius 3 is 1.96 bits per heavy atom. The van der Waals surface area contributed by atoms with E-state index in [9.17, 15) is 4.79 Å². The van der Waals surface area contributed by atoms with Crippen LogP contribution in [0.15, 0.2) is 60.7 Å². The number of rotatable bonds is 4. The summed E-state index contributed by atoms with van der Waals surface area (Å²) in [6, 6.07) is 18.0. The van der Waals surface area contributed by atoms with Crippen LogP contribution in [0.3, 0.4) is 0 Å². The highest BCUT2D eigenvalue weighted by Gasteiger charge is 2.13. The van der Waals surface area contributed by atoms with Crippen molar-refractivity contribution in [3.8, 4) is 17.2 Å². The van der Waals surface area contributed by atoms with Gasteiger partial charge in [0.25, 0.3) is 0 Å². The molecule has 0 aliphatic heterocycles. The Hall–Kier alpha value is -3.01. The van der Waals surface area contributed by atoms with Crippen LogP contribution in [-0.4, -0.2) is 20.2 Å². The van der Waals surface area contributed by atoms with Crippen LogP contribution in [0.25, 0.3) is 10.8 Å². The summed E-state index contributed by atoms with van der Waals surface area (Å²) in [4.78, 5) is 12.3. The first-order valence-electron chi connectivity index (χ1n) is 7.15. The van der Waals surface area contributed by atoms with Crippen molar-refractivity contribution in [1.29, 1.82) is 0 Å². The molecule has 0 radical (unpaired) electrons. The molecule has 0 aliphatic rings. The Morgan fingerprint density at radius 1 is 0.739 bits per heavy atom. The average molecular weight is 308 g/mol. The van der Waals surface area contributed by atoms with E-state index >= 15 is 0 Å². The van der Waals surface area contributed by atoms with Crippen LogP contribution in [0, 0.1) is 0 Å². The minimum Gasteiger partial charge on any atom is -0.497 e. The van der Waals surface area contributed by atoms with Gasteiger partial charge in [0.15, 0.2) is 0 Å². The summed E-state index contributed by atoms with van der Waals surface area (Å²) in [6.07, 6.45) is 0. The normalized spacial score (nSPS) is 10.3. The van der Waals surface area contributed by atoms with Crippen LogP contribution in [0.4, 0.5) is 0 Å². The molecule has 0 unspecified atom stereocenters. The molecule has 0 saturated carbocycles. The van der Waals surface area contributed by atoms with Crippen LogP contribution >= 0.6 is 0 Å². The molecule has 0 saturated heterocycles. The van der Waals surface area contributed by atoms with Crippen molar-refractivity contribution in [2.24, 2.45) is 0 Å². The molecular formula is C19H16O4. The van der Waals surface area contributed by atoms with Gasteiger partial charge in [0.2, 0.25) is 0 Å². The Morgan fingerprint density at radius 2 is 1.35 bits per heavy atom. The molecule has 0 aromatic heterocycles. The van der Waals surface area contributed by atoms with Gasteiger partial charge in [-0.05, 0) is 36.4 Å². The highest BCUT2D eigenvalue weighted by Crippen LogP contribution is 2.33. The van der Waals surface area contributed by atoms with Gasteiger partial charge in [-0.3, -0.25) is 0 Å². The summed E-state index contributed by atoms with van der Waals surface area (Å²) in [5, 5.41) is 1.73. The number of carbonyl (C=O) groups excluding carboxylic acids is 1. The molecule has 0 aliphatic carbocycles. The molecule has 0 bridgehead atoms. The number of esters is 1. The second-order valence-electron chi connectivity index (χ2n) is 4.93. The molecule has 116 valence electrons. The third kappa shape index (κ3) is 2.97. The van der Waals surface area contributed by atoms with Crippen LogP contribution in [-0.2, 0) is 0 Å². The van der Waals surface area contributed by atoms with Crippen LogP contribution in [0.5, 0.6) is 17.2 Å². The van der Waals surface area contributed by atoms with Crippen molar-refractivity contribution in [3.05, 3.63) is 66.2 Å². The smallest absolute Gasteiger partial charge is 0.343 e. The van der Waals surface area contributed by atoms with Gasteiger partial charge in [0, 0.05) is 10.8 Å². The number of methoxy groups -OCH3 is 2. The van der Waals surface area contributed by atoms with Crippen molar-refractivity contribution in [3.63, 3.8) is 0 Å². The van der Waals surface area contributed by atoms with Crippen molar-refractivity contribution in [2.45, 2.75) is 0 Å². The van der Waals surface area contributed by atoms with E-state index in [-0.39, 0.29) is 0 Å². The molecule has 0 N–H and O–H groups in total. The zero-order valence-electron chi connectivity index (χ0n) is 12.9. The van der Waals surface area contributed by atoms with Crippen molar-refractivity contribution >= 4 is 16.7 Å². The fourth-order valence-corrected chi connectivity index (χ4v) is 2.40. The second-order valence-corrected chi connectivity index (χ2v) is 4.93. The van der Waals surface area contributed by atoms with Crippen LogP contribution in [0.1, 0.15) is 10.4 Å². The van der Waals surface area contributed by atoms with E-state index in [4.69, 9.17) is 14.2 Å². The zero-order chi connectivity index (χ0) is 16.2. The lowest BCUT2D eigenvalue weighted by atomic mass is 10.1. The van der Waals surface area contributed by atoms with Gasteiger partial charge in [-0.1, -0.05) is 24.3 Å². The Balaban J connectivity index is 1.93. The monoisotopic (exact) mass is 308 g/mol. The Labute approximate surface area is 134 Å². The summed E-state index contributed by atoms with van der Waals surface area (Å²) >= 11 is 0. The first kappa shape index (κ1) is 14.9. The summed E-state index contributed by atoms with van der Waals surface area (Å²) in [5.41, 5.74) is 0.464. The number of ether oxygens (including phenoxy) is 3. The number of hydrogen-bond donors (Lipinski definition) is 0. The molecule has 4 heteroatoms. The van der Waals surface area contributed by atoms with E-state index in [0.29, 0.717) is 17.1 Å². The summed E-state index contributed by atoms with van der Waals surface area (Å²) in [7, 11) is 3.20. The van der Waals surface area contributed by atoms with E-state index in [0.717, 1.165) is 16.5 Å². The standard InChI is InChI=1S/C19H16O4/c1-21-14-9-7-13(8-10-14)19(20)23-18-12-11-17(22-2)15-5-3-4-6-16(15)18/h3-12H,1-2H3. The highest BCUT2D eigenvalue weighted by molar-refractivity contribution is 5.97. The summed E-state index contributed by atoms with van der Waals surface area (Å²) < 4.78 is 16.0. The van der Waals surface area contributed by atoms with Gasteiger partial charge in [-0.25, -0.2) is 4.79 Å². The third-order valence-corrected chi connectivity index (χ3v) is 3.59. The van der Waals surface area contributed by atoms with Crippen molar-refractivity contribution in [2.75, 3.05) is 14.2 Å². The Bertz CT molecular complexity index is 838. The van der Waals surface area contributed by atoms with Gasteiger partial charge in [-0.15, -0.1) is 0 Å². The van der Waals surface area contributed by atoms with Gasteiger partial charge >= 0.3 is 5.97 Å². The predicted molar refractivity (Wildman–Crippen MR) is 88.5 cm³/mol. The van der Waals surface area contributed by atoms with E-state index in [2.05, 4.69) is 0 Å². The van der Waals surface area contributed by atoms with E-state index in [1.165, 1.54) is 0 Å². The topological polar surface area (TPSA) is 44.8 Å². The fraction of sp³-hybridized carbons (Fsp3) is 0.105.